The van der Waals surface area contributed by atoms with Gasteiger partial charge in [-0.25, -0.2) is 9.78 Å². The topological polar surface area (TPSA) is 58.9 Å². The fourth-order valence-electron chi connectivity index (χ4n) is 3.97. The summed E-state index contributed by atoms with van der Waals surface area (Å²) < 4.78 is 0. The van der Waals surface area contributed by atoms with Crippen molar-refractivity contribution < 1.29 is 20.3 Å². The molecule has 36 heavy (non-hydrogen) atoms. The van der Waals surface area contributed by atoms with Gasteiger partial charge in [-0.2, -0.15) is 0 Å². The molecule has 0 aliphatic rings. The van der Waals surface area contributed by atoms with Crippen LogP contribution in [0.2, 0.25) is 0 Å². The Labute approximate surface area is 214 Å². The summed E-state index contributed by atoms with van der Waals surface area (Å²) in [4.78, 5) is 9.31. The predicted molar refractivity (Wildman–Crippen MR) is 145 cm³/mol. The van der Waals surface area contributed by atoms with Crippen molar-refractivity contribution in [3.8, 4) is 0 Å². The van der Waals surface area contributed by atoms with Crippen molar-refractivity contribution in [1.29, 1.82) is 0 Å². The number of benzene rings is 4. The normalized spacial score (nSPS) is 12.4. The van der Waals surface area contributed by atoms with Gasteiger partial charge in [0.1, 0.15) is 12.2 Å². The van der Waals surface area contributed by atoms with Gasteiger partial charge in [0.05, 0.1) is 0 Å². The molecule has 0 bridgehead atoms. The summed E-state index contributed by atoms with van der Waals surface area (Å²) in [6.07, 6.45) is -0.852. The molecule has 0 aliphatic heterocycles. The molecule has 4 heteroatoms. The van der Waals surface area contributed by atoms with Gasteiger partial charge in [0.2, 0.25) is 0 Å². The summed E-state index contributed by atoms with van der Waals surface area (Å²) in [5.41, 5.74) is 11.1. The molecule has 0 saturated heterocycles. The van der Waals surface area contributed by atoms with Crippen LogP contribution in [0.25, 0.3) is 0 Å². The molecule has 0 radical (unpaired) electrons. The third kappa shape index (κ3) is 6.90. The lowest BCUT2D eigenvalue weighted by Crippen LogP contribution is -2.04. The van der Waals surface area contributed by atoms with Crippen LogP contribution in [0.15, 0.2) is 84.9 Å². The minimum atomic E-state index is -0.426. The maximum atomic E-state index is 9.16. The molecule has 4 aromatic rings. The summed E-state index contributed by atoms with van der Waals surface area (Å²) in [5, 5.41) is 18.3. The highest BCUT2D eigenvalue weighted by molar-refractivity contribution is 5.38. The monoisotopic (exact) mass is 484 g/mol. The van der Waals surface area contributed by atoms with Crippen LogP contribution in [0.5, 0.6) is 0 Å². The van der Waals surface area contributed by atoms with Crippen LogP contribution in [0.1, 0.15) is 67.8 Å². The molecule has 4 nitrogen and oxygen atoms in total. The van der Waals surface area contributed by atoms with Crippen LogP contribution in [0.3, 0.4) is 0 Å². The Morgan fingerprint density at radius 1 is 0.417 bits per heavy atom. The Kier molecular flexibility index (Phi) is 9.57. The van der Waals surface area contributed by atoms with Crippen molar-refractivity contribution >= 4 is 0 Å². The highest BCUT2D eigenvalue weighted by Crippen LogP contribution is 2.28. The number of hydrogen-bond acceptors (Lipinski definition) is 4. The standard InChI is InChI=1S/2C16H18O2/c2*1-11-4-7-14(8-5-11)16(18-17)15-9-6-12(2)13(3)10-15/h2*4-10,16-17H,1-3H3. The van der Waals surface area contributed by atoms with Crippen LogP contribution < -0.4 is 0 Å². The van der Waals surface area contributed by atoms with E-state index in [-0.39, 0.29) is 0 Å². The minimum absolute atomic E-state index is 0.426. The Morgan fingerprint density at radius 2 is 0.722 bits per heavy atom. The van der Waals surface area contributed by atoms with Gasteiger partial charge >= 0.3 is 0 Å². The van der Waals surface area contributed by atoms with Crippen molar-refractivity contribution in [3.05, 3.63) is 141 Å². The van der Waals surface area contributed by atoms with Crippen LogP contribution in [-0.2, 0) is 9.78 Å². The summed E-state index contributed by atoms with van der Waals surface area (Å²) >= 11 is 0. The molecule has 0 amide bonds. The van der Waals surface area contributed by atoms with Crippen LogP contribution >= 0.6 is 0 Å². The third-order valence-electron chi connectivity index (χ3n) is 6.64. The van der Waals surface area contributed by atoms with Gasteiger partial charge in [0.15, 0.2) is 0 Å². The van der Waals surface area contributed by atoms with E-state index in [9.17, 15) is 0 Å². The molecular formula is C32H36O4. The molecule has 4 aromatic carbocycles. The van der Waals surface area contributed by atoms with E-state index in [1.165, 1.54) is 33.4 Å². The molecule has 0 saturated carbocycles. The first kappa shape index (κ1) is 27.3. The average molecular weight is 485 g/mol. The molecular weight excluding hydrogens is 448 g/mol. The highest BCUT2D eigenvalue weighted by atomic mass is 17.1. The van der Waals surface area contributed by atoms with Crippen LogP contribution in [0, 0.1) is 41.5 Å². The lowest BCUT2D eigenvalue weighted by atomic mass is 9.97. The smallest absolute Gasteiger partial charge is 0.143 e. The number of rotatable bonds is 6. The van der Waals surface area contributed by atoms with Gasteiger partial charge in [0, 0.05) is 0 Å². The van der Waals surface area contributed by atoms with E-state index < -0.39 is 12.2 Å². The quantitative estimate of drug-likeness (QED) is 0.213. The first-order chi connectivity index (χ1) is 17.2. The third-order valence-corrected chi connectivity index (χ3v) is 6.64. The highest BCUT2D eigenvalue weighted by Gasteiger charge is 2.16. The van der Waals surface area contributed by atoms with Crippen LogP contribution in [0.4, 0.5) is 0 Å². The first-order valence-electron chi connectivity index (χ1n) is 12.1. The fourth-order valence-corrected chi connectivity index (χ4v) is 3.97. The van der Waals surface area contributed by atoms with Gasteiger partial charge in [0.25, 0.3) is 0 Å². The molecule has 4 rings (SSSR count). The SMILES string of the molecule is Cc1ccc(C(OO)c2ccc(C)c(C)c2)cc1.Cc1ccc(C(OO)c2ccc(C)c(C)c2)cc1. The van der Waals surface area contributed by atoms with Gasteiger partial charge < -0.3 is 0 Å². The van der Waals surface area contributed by atoms with E-state index in [1.54, 1.807) is 0 Å². The molecule has 0 spiro atoms. The van der Waals surface area contributed by atoms with Crippen molar-refractivity contribution in [2.24, 2.45) is 0 Å². The summed E-state index contributed by atoms with van der Waals surface area (Å²) in [7, 11) is 0. The van der Waals surface area contributed by atoms with Gasteiger partial charge in [-0.1, -0.05) is 96.1 Å². The van der Waals surface area contributed by atoms with E-state index in [0.717, 1.165) is 22.3 Å². The van der Waals surface area contributed by atoms with Crippen molar-refractivity contribution in [1.82, 2.24) is 0 Å². The maximum Gasteiger partial charge on any atom is 0.143 e. The predicted octanol–water partition coefficient (Wildman–Crippen LogP) is 8.38. The second-order valence-electron chi connectivity index (χ2n) is 9.48. The minimum Gasteiger partial charge on any atom is -0.251 e. The van der Waals surface area contributed by atoms with Gasteiger partial charge in [-0.3, -0.25) is 10.5 Å². The Morgan fingerprint density at radius 3 is 1.00 bits per heavy atom. The molecule has 2 N–H and O–H groups in total. The maximum absolute atomic E-state index is 9.16. The Bertz CT molecular complexity index is 1160. The summed E-state index contributed by atoms with van der Waals surface area (Å²) in [6.45, 7) is 12.3. The molecule has 2 unspecified atom stereocenters. The second kappa shape index (κ2) is 12.6. The molecule has 0 heterocycles. The van der Waals surface area contributed by atoms with E-state index in [4.69, 9.17) is 10.5 Å². The van der Waals surface area contributed by atoms with E-state index in [2.05, 4.69) is 49.6 Å². The molecule has 0 fully saturated rings. The van der Waals surface area contributed by atoms with Crippen LogP contribution in [-0.4, -0.2) is 10.5 Å². The summed E-state index contributed by atoms with van der Waals surface area (Å²) in [5.74, 6) is 0. The Hall–Kier alpha value is -3.28. The van der Waals surface area contributed by atoms with Crippen molar-refractivity contribution in [3.63, 3.8) is 0 Å². The zero-order chi connectivity index (χ0) is 26.2. The molecule has 0 aromatic heterocycles. The first-order valence-corrected chi connectivity index (χ1v) is 12.1. The van der Waals surface area contributed by atoms with Crippen molar-refractivity contribution in [2.75, 3.05) is 0 Å². The lowest BCUT2D eigenvalue weighted by molar-refractivity contribution is -0.270. The lowest BCUT2D eigenvalue weighted by Gasteiger charge is -2.15. The Balaban J connectivity index is 0.000000201. The average Bonchev–Trinajstić information content (AvgIpc) is 2.87. The van der Waals surface area contributed by atoms with Crippen molar-refractivity contribution in [2.45, 2.75) is 53.8 Å². The van der Waals surface area contributed by atoms with Gasteiger partial charge in [-0.05, 0) is 86.1 Å². The van der Waals surface area contributed by atoms with E-state index in [0.29, 0.717) is 0 Å². The van der Waals surface area contributed by atoms with E-state index in [1.807, 2.05) is 86.6 Å². The zero-order valence-electron chi connectivity index (χ0n) is 21.9. The summed E-state index contributed by atoms with van der Waals surface area (Å²) in [6, 6.07) is 28.2. The fraction of sp³-hybridized carbons (Fsp3) is 0.250. The largest absolute Gasteiger partial charge is 0.251 e. The number of hydrogen-bond donors (Lipinski definition) is 2. The molecule has 2 atom stereocenters. The number of aryl methyl sites for hydroxylation is 6. The zero-order valence-corrected chi connectivity index (χ0v) is 21.9. The van der Waals surface area contributed by atoms with E-state index >= 15 is 0 Å². The van der Waals surface area contributed by atoms with Gasteiger partial charge in [-0.15, -0.1) is 0 Å². The second-order valence-corrected chi connectivity index (χ2v) is 9.48. The molecule has 0 aliphatic carbocycles. The molecule has 188 valence electrons.